The predicted octanol–water partition coefficient (Wildman–Crippen LogP) is 1.81. The number of imidazole rings is 1. The number of hydrogen-bond donors (Lipinski definition) is 0. The molecule has 11 heteroatoms. The van der Waals surface area contributed by atoms with Gasteiger partial charge in [-0.15, -0.1) is 0 Å². The molecule has 0 saturated carbocycles. The van der Waals surface area contributed by atoms with E-state index in [4.69, 9.17) is 0 Å². The van der Waals surface area contributed by atoms with Crippen molar-refractivity contribution < 1.29 is 13.2 Å². The largest absolute Gasteiger partial charge is 0.433 e. The molecule has 0 radical (unpaired) electrons. The Labute approximate surface area is 152 Å². The average molecular weight is 378 g/mol. The maximum Gasteiger partial charge on any atom is 0.433 e. The van der Waals surface area contributed by atoms with Crippen LogP contribution in [0.15, 0.2) is 18.7 Å². The van der Waals surface area contributed by atoms with Crippen LogP contribution in [-0.4, -0.2) is 55.7 Å². The highest BCUT2D eigenvalue weighted by molar-refractivity contribution is 5.83. The van der Waals surface area contributed by atoms with Crippen molar-refractivity contribution >= 4 is 22.8 Å². The monoisotopic (exact) mass is 378 g/mol. The summed E-state index contributed by atoms with van der Waals surface area (Å²) in [4.78, 5) is 24.5. The van der Waals surface area contributed by atoms with E-state index in [0.29, 0.717) is 37.5 Å². The number of piperazine rings is 1. The minimum absolute atomic E-state index is 0.105. The summed E-state index contributed by atoms with van der Waals surface area (Å²) in [5.74, 6) is 1.13. The first-order chi connectivity index (χ1) is 12.8. The van der Waals surface area contributed by atoms with Crippen LogP contribution in [0.3, 0.4) is 0 Å². The number of aromatic nitrogens is 6. The second-order valence-corrected chi connectivity index (χ2v) is 6.36. The maximum absolute atomic E-state index is 13.0. The van der Waals surface area contributed by atoms with E-state index < -0.39 is 11.9 Å². The van der Waals surface area contributed by atoms with Gasteiger partial charge in [-0.2, -0.15) is 13.2 Å². The Hall–Kier alpha value is -2.98. The molecule has 0 aromatic carbocycles. The van der Waals surface area contributed by atoms with Crippen molar-refractivity contribution in [3.05, 3.63) is 30.2 Å². The maximum atomic E-state index is 13.0. The zero-order valence-corrected chi connectivity index (χ0v) is 14.8. The summed E-state index contributed by atoms with van der Waals surface area (Å²) in [5.41, 5.74) is 0.535. The van der Waals surface area contributed by atoms with E-state index in [-0.39, 0.29) is 5.82 Å². The van der Waals surface area contributed by atoms with E-state index in [1.165, 1.54) is 13.3 Å². The molecule has 0 aliphatic carbocycles. The van der Waals surface area contributed by atoms with Gasteiger partial charge in [0.1, 0.15) is 23.7 Å². The summed E-state index contributed by atoms with van der Waals surface area (Å²) in [6.45, 7) is 3.69. The van der Waals surface area contributed by atoms with Gasteiger partial charge in [-0.3, -0.25) is 0 Å². The number of fused-ring (bicyclic) bond motifs is 1. The molecule has 1 saturated heterocycles. The third kappa shape index (κ3) is 3.24. The zero-order valence-electron chi connectivity index (χ0n) is 14.8. The van der Waals surface area contributed by atoms with Crippen LogP contribution < -0.4 is 9.80 Å². The molecular formula is C16H17F3N8. The molecule has 3 aromatic heterocycles. The first-order valence-corrected chi connectivity index (χ1v) is 8.38. The van der Waals surface area contributed by atoms with Gasteiger partial charge in [-0.25, -0.2) is 24.9 Å². The number of halogens is 3. The molecule has 3 aromatic rings. The van der Waals surface area contributed by atoms with E-state index >= 15 is 0 Å². The molecular weight excluding hydrogens is 361 g/mol. The molecule has 0 unspecified atom stereocenters. The molecule has 142 valence electrons. The lowest BCUT2D eigenvalue weighted by Crippen LogP contribution is -2.47. The Morgan fingerprint density at radius 3 is 2.37 bits per heavy atom. The molecule has 27 heavy (non-hydrogen) atoms. The van der Waals surface area contributed by atoms with Gasteiger partial charge in [-0.05, 0) is 6.92 Å². The van der Waals surface area contributed by atoms with Crippen LogP contribution in [0.2, 0.25) is 0 Å². The molecule has 0 bridgehead atoms. The fraction of sp³-hybridized carbons (Fsp3) is 0.438. The van der Waals surface area contributed by atoms with Gasteiger partial charge in [0.05, 0.1) is 6.33 Å². The third-order valence-electron chi connectivity index (χ3n) is 4.50. The molecule has 4 heterocycles. The predicted molar refractivity (Wildman–Crippen MR) is 92.5 cm³/mol. The number of aryl methyl sites for hydroxylation is 2. The van der Waals surface area contributed by atoms with Gasteiger partial charge in [0.2, 0.25) is 0 Å². The van der Waals surface area contributed by atoms with Crippen molar-refractivity contribution in [3.8, 4) is 0 Å². The van der Waals surface area contributed by atoms with Crippen LogP contribution in [0.4, 0.5) is 24.8 Å². The lowest BCUT2D eigenvalue weighted by molar-refractivity contribution is -0.141. The van der Waals surface area contributed by atoms with E-state index in [1.54, 1.807) is 6.33 Å². The van der Waals surface area contributed by atoms with Crippen molar-refractivity contribution in [1.29, 1.82) is 0 Å². The molecule has 4 rings (SSSR count). The quantitative estimate of drug-likeness (QED) is 0.673. The van der Waals surface area contributed by atoms with Crippen LogP contribution in [0, 0.1) is 6.92 Å². The number of alkyl halides is 3. The molecule has 0 amide bonds. The van der Waals surface area contributed by atoms with Crippen molar-refractivity contribution in [1.82, 2.24) is 29.5 Å². The Bertz CT molecular complexity index is 975. The summed E-state index contributed by atoms with van der Waals surface area (Å²) >= 11 is 0. The number of hydrogen-bond acceptors (Lipinski definition) is 7. The third-order valence-corrected chi connectivity index (χ3v) is 4.50. The summed E-state index contributed by atoms with van der Waals surface area (Å²) in [6, 6.07) is 1.00. The Balaban J connectivity index is 1.55. The Morgan fingerprint density at radius 1 is 0.963 bits per heavy atom. The minimum atomic E-state index is -4.49. The molecule has 8 nitrogen and oxygen atoms in total. The van der Waals surface area contributed by atoms with Gasteiger partial charge in [0, 0.05) is 39.3 Å². The van der Waals surface area contributed by atoms with Gasteiger partial charge in [-0.1, -0.05) is 0 Å². The second-order valence-electron chi connectivity index (χ2n) is 6.36. The van der Waals surface area contributed by atoms with Gasteiger partial charge in [0.25, 0.3) is 0 Å². The first kappa shape index (κ1) is 17.4. The van der Waals surface area contributed by atoms with Crippen LogP contribution in [-0.2, 0) is 13.2 Å². The van der Waals surface area contributed by atoms with Gasteiger partial charge < -0.3 is 14.4 Å². The van der Waals surface area contributed by atoms with Crippen LogP contribution in [0.1, 0.15) is 11.5 Å². The molecule has 0 N–H and O–H groups in total. The average Bonchev–Trinajstić information content (AvgIpc) is 3.02. The standard InChI is InChI=1S/C16H17F3N8/c1-10-23-11(16(17,18)19)7-12(24-10)26-3-5-27(6-4-26)15-13-14(20-8-21-15)25(2)9-22-13/h7-9H,3-6H2,1-2H3. The van der Waals surface area contributed by atoms with E-state index in [0.717, 1.165) is 17.5 Å². The highest BCUT2D eigenvalue weighted by atomic mass is 19.4. The highest BCUT2D eigenvalue weighted by Gasteiger charge is 2.34. The normalized spacial score (nSPS) is 15.6. The smallest absolute Gasteiger partial charge is 0.353 e. The topological polar surface area (TPSA) is 75.9 Å². The lowest BCUT2D eigenvalue weighted by atomic mass is 10.2. The van der Waals surface area contributed by atoms with Crippen LogP contribution in [0.5, 0.6) is 0 Å². The van der Waals surface area contributed by atoms with Crippen LogP contribution >= 0.6 is 0 Å². The first-order valence-electron chi connectivity index (χ1n) is 8.38. The second kappa shape index (κ2) is 6.32. The zero-order chi connectivity index (χ0) is 19.2. The van der Waals surface area contributed by atoms with Crippen molar-refractivity contribution in [2.24, 2.45) is 7.05 Å². The fourth-order valence-electron chi connectivity index (χ4n) is 3.17. The number of rotatable bonds is 2. The van der Waals surface area contributed by atoms with E-state index in [1.807, 2.05) is 16.5 Å². The summed E-state index contributed by atoms with van der Waals surface area (Å²) in [5, 5.41) is 0. The molecule has 0 atom stereocenters. The minimum Gasteiger partial charge on any atom is -0.353 e. The van der Waals surface area contributed by atoms with Crippen molar-refractivity contribution in [3.63, 3.8) is 0 Å². The van der Waals surface area contributed by atoms with Crippen LogP contribution in [0.25, 0.3) is 11.2 Å². The van der Waals surface area contributed by atoms with E-state index in [9.17, 15) is 13.2 Å². The SMILES string of the molecule is Cc1nc(N2CCN(c3ncnc4c3ncn4C)CC2)cc(C(F)(F)F)n1. The van der Waals surface area contributed by atoms with E-state index in [2.05, 4.69) is 29.8 Å². The Morgan fingerprint density at radius 2 is 1.67 bits per heavy atom. The summed E-state index contributed by atoms with van der Waals surface area (Å²) < 4.78 is 40.8. The molecule has 0 spiro atoms. The number of nitrogens with zero attached hydrogens (tertiary/aromatic N) is 8. The van der Waals surface area contributed by atoms with Gasteiger partial charge >= 0.3 is 6.18 Å². The van der Waals surface area contributed by atoms with Gasteiger partial charge in [0.15, 0.2) is 17.0 Å². The summed E-state index contributed by atoms with van der Waals surface area (Å²) in [6.07, 6.45) is -1.31. The lowest BCUT2D eigenvalue weighted by Gasteiger charge is -2.36. The van der Waals surface area contributed by atoms with Crippen molar-refractivity contribution in [2.45, 2.75) is 13.1 Å². The fourth-order valence-corrected chi connectivity index (χ4v) is 3.17. The number of anilines is 2. The molecule has 1 fully saturated rings. The molecule has 1 aliphatic heterocycles. The molecule has 1 aliphatic rings. The Kier molecular flexibility index (Phi) is 4.08. The highest BCUT2D eigenvalue weighted by Crippen LogP contribution is 2.30. The summed E-state index contributed by atoms with van der Waals surface area (Å²) in [7, 11) is 1.86. The van der Waals surface area contributed by atoms with Crippen molar-refractivity contribution in [2.75, 3.05) is 36.0 Å².